The van der Waals surface area contributed by atoms with Gasteiger partial charge in [0.25, 0.3) is 5.91 Å². The number of para-hydroxylation sites is 1. The quantitative estimate of drug-likeness (QED) is 0.796. The average molecular weight is 294 g/mol. The lowest BCUT2D eigenvalue weighted by molar-refractivity contribution is -0.116. The normalized spacial score (nSPS) is 23.6. The summed E-state index contributed by atoms with van der Waals surface area (Å²) in [5, 5.41) is 7.54. The van der Waals surface area contributed by atoms with Gasteiger partial charge in [-0.05, 0) is 19.4 Å². The number of fused-ring (bicyclic) bond motifs is 1. The molecular weight excluding hydrogens is 280 g/mol. The fourth-order valence-electron chi connectivity index (χ4n) is 3.38. The first kappa shape index (κ1) is 13.1. The monoisotopic (exact) mass is 294 g/mol. The van der Waals surface area contributed by atoms with Crippen LogP contribution < -0.4 is 4.74 Å². The first-order valence-electron chi connectivity index (χ1n) is 7.36. The molecule has 0 N–H and O–H groups in total. The number of amides is 1. The van der Waals surface area contributed by atoms with Crippen LogP contribution in [0, 0.1) is 0 Å². The Kier molecular flexibility index (Phi) is 2.82. The molecular formula is C17H14N2O3. The third-order valence-electron chi connectivity index (χ3n) is 4.36. The molecule has 1 amide bonds. The Morgan fingerprint density at radius 3 is 2.68 bits per heavy atom. The molecule has 0 fully saturated rings. The molecule has 5 nitrogen and oxygen atoms in total. The van der Waals surface area contributed by atoms with Crippen molar-refractivity contribution in [2.45, 2.75) is 32.1 Å². The van der Waals surface area contributed by atoms with Crippen molar-refractivity contribution in [1.82, 2.24) is 0 Å². The van der Waals surface area contributed by atoms with Crippen molar-refractivity contribution in [1.29, 1.82) is 0 Å². The molecule has 0 bridgehead atoms. The van der Waals surface area contributed by atoms with Gasteiger partial charge in [-0.15, -0.1) is 5.11 Å². The van der Waals surface area contributed by atoms with Crippen molar-refractivity contribution in [2.24, 2.45) is 10.2 Å². The number of azo groups is 1. The van der Waals surface area contributed by atoms with E-state index < -0.39 is 5.92 Å². The van der Waals surface area contributed by atoms with Crippen LogP contribution in [0.3, 0.4) is 0 Å². The summed E-state index contributed by atoms with van der Waals surface area (Å²) in [6.45, 7) is 1.76. The van der Waals surface area contributed by atoms with Crippen molar-refractivity contribution in [2.75, 3.05) is 0 Å². The molecule has 2 aliphatic heterocycles. The van der Waals surface area contributed by atoms with Gasteiger partial charge in [-0.25, -0.2) is 0 Å². The van der Waals surface area contributed by atoms with E-state index in [1.54, 1.807) is 6.92 Å². The summed E-state index contributed by atoms with van der Waals surface area (Å²) in [4.78, 5) is 24.7. The summed E-state index contributed by atoms with van der Waals surface area (Å²) in [5.41, 5.74) is 2.53. The van der Waals surface area contributed by atoms with Crippen LogP contribution in [0.1, 0.15) is 37.7 Å². The van der Waals surface area contributed by atoms with Crippen molar-refractivity contribution >= 4 is 11.7 Å². The molecule has 0 saturated carbocycles. The average Bonchev–Trinajstić information content (AvgIpc) is 2.84. The van der Waals surface area contributed by atoms with E-state index in [1.165, 1.54) is 0 Å². The molecule has 0 saturated heterocycles. The van der Waals surface area contributed by atoms with Crippen molar-refractivity contribution in [3.63, 3.8) is 0 Å². The Balaban J connectivity index is 1.96. The molecule has 1 aromatic rings. The van der Waals surface area contributed by atoms with Gasteiger partial charge in [-0.2, -0.15) is 5.11 Å². The van der Waals surface area contributed by atoms with Gasteiger partial charge in [0.2, 0.25) is 0 Å². The lowest BCUT2D eigenvalue weighted by atomic mass is 9.76. The summed E-state index contributed by atoms with van der Waals surface area (Å²) < 4.78 is 5.93. The minimum absolute atomic E-state index is 0.0563. The Morgan fingerprint density at radius 2 is 1.91 bits per heavy atom. The van der Waals surface area contributed by atoms with Crippen LogP contribution in [-0.4, -0.2) is 11.7 Å². The summed E-state index contributed by atoms with van der Waals surface area (Å²) in [5.74, 6) is 0.696. The minimum atomic E-state index is -0.407. The van der Waals surface area contributed by atoms with Crippen LogP contribution in [0.25, 0.3) is 0 Å². The lowest BCUT2D eigenvalue weighted by Gasteiger charge is -2.32. The van der Waals surface area contributed by atoms with E-state index in [2.05, 4.69) is 10.2 Å². The highest BCUT2D eigenvalue weighted by molar-refractivity contribution is 6.05. The van der Waals surface area contributed by atoms with Gasteiger partial charge < -0.3 is 4.74 Å². The molecule has 3 aliphatic rings. The van der Waals surface area contributed by atoms with E-state index in [9.17, 15) is 9.59 Å². The van der Waals surface area contributed by atoms with E-state index in [-0.39, 0.29) is 11.7 Å². The van der Waals surface area contributed by atoms with E-state index in [0.29, 0.717) is 34.8 Å². The second kappa shape index (κ2) is 4.73. The van der Waals surface area contributed by atoms with Crippen molar-refractivity contribution < 1.29 is 14.3 Å². The summed E-state index contributed by atoms with van der Waals surface area (Å²) in [7, 11) is 0. The maximum atomic E-state index is 12.5. The zero-order valence-electron chi connectivity index (χ0n) is 12.1. The van der Waals surface area contributed by atoms with Gasteiger partial charge in [0, 0.05) is 24.0 Å². The smallest absolute Gasteiger partial charge is 0.294 e. The Bertz CT molecular complexity index is 802. The summed E-state index contributed by atoms with van der Waals surface area (Å²) in [6, 6.07) is 7.54. The molecule has 0 aromatic heterocycles. The molecule has 4 rings (SSSR count). The molecule has 2 heterocycles. The number of hydrogen-bond donors (Lipinski definition) is 0. The number of allylic oxidation sites excluding steroid dienone is 3. The lowest BCUT2D eigenvalue weighted by Crippen LogP contribution is -2.27. The molecule has 1 aromatic carbocycles. The first-order valence-corrected chi connectivity index (χ1v) is 7.36. The topological polar surface area (TPSA) is 68.1 Å². The third-order valence-corrected chi connectivity index (χ3v) is 4.36. The van der Waals surface area contributed by atoms with E-state index in [1.807, 2.05) is 24.3 Å². The highest BCUT2D eigenvalue weighted by Gasteiger charge is 2.41. The molecule has 110 valence electrons. The van der Waals surface area contributed by atoms with Gasteiger partial charge in [-0.3, -0.25) is 9.59 Å². The Hall–Kier alpha value is -2.56. The largest absolute Gasteiger partial charge is 0.461 e. The Labute approximate surface area is 127 Å². The number of benzene rings is 1. The number of nitrogens with zero attached hydrogens (tertiary/aromatic N) is 2. The minimum Gasteiger partial charge on any atom is -0.461 e. The van der Waals surface area contributed by atoms with Crippen LogP contribution in [0.15, 0.2) is 57.1 Å². The van der Waals surface area contributed by atoms with E-state index in [4.69, 9.17) is 4.74 Å². The van der Waals surface area contributed by atoms with E-state index >= 15 is 0 Å². The van der Waals surface area contributed by atoms with Crippen LogP contribution in [0.5, 0.6) is 5.75 Å². The molecule has 1 atom stereocenters. The molecule has 1 unspecified atom stereocenters. The van der Waals surface area contributed by atoms with Gasteiger partial charge in [0.05, 0.1) is 17.2 Å². The molecule has 22 heavy (non-hydrogen) atoms. The first-order chi connectivity index (χ1) is 10.7. The van der Waals surface area contributed by atoms with Crippen LogP contribution >= 0.6 is 0 Å². The van der Waals surface area contributed by atoms with Crippen molar-refractivity contribution in [3.8, 4) is 5.75 Å². The number of rotatable bonds is 1. The number of carbonyl (C=O) groups excluding carboxylic acids is 2. The standard InChI is InChI=1S/C17H14N2O3/c1-9-14(17(21)19-18-9)15-10-5-2-3-7-12(10)22-13-8-4-6-11(20)16(13)15/h2-3,5,7,15H,4,6,8H2,1H3. The van der Waals surface area contributed by atoms with Gasteiger partial charge >= 0.3 is 0 Å². The predicted octanol–water partition coefficient (Wildman–Crippen LogP) is 3.44. The fourth-order valence-corrected chi connectivity index (χ4v) is 3.38. The highest BCUT2D eigenvalue weighted by atomic mass is 16.5. The molecule has 1 aliphatic carbocycles. The predicted molar refractivity (Wildman–Crippen MR) is 78.3 cm³/mol. The number of carbonyl (C=O) groups is 2. The van der Waals surface area contributed by atoms with Gasteiger partial charge in [0.15, 0.2) is 5.78 Å². The summed E-state index contributed by atoms with van der Waals surface area (Å²) >= 11 is 0. The van der Waals surface area contributed by atoms with E-state index in [0.717, 1.165) is 18.4 Å². The number of hydrogen-bond acceptors (Lipinski definition) is 4. The summed E-state index contributed by atoms with van der Waals surface area (Å²) in [6.07, 6.45) is 2.00. The van der Waals surface area contributed by atoms with Crippen LogP contribution in [0.4, 0.5) is 0 Å². The second-order valence-corrected chi connectivity index (χ2v) is 5.69. The molecule has 0 spiro atoms. The molecule has 5 heteroatoms. The van der Waals surface area contributed by atoms with Crippen LogP contribution in [-0.2, 0) is 9.59 Å². The highest BCUT2D eigenvalue weighted by Crippen LogP contribution is 2.48. The Morgan fingerprint density at radius 1 is 1.09 bits per heavy atom. The number of Topliss-reactive ketones (excluding diaryl/α,β-unsaturated/α-hetero) is 1. The maximum Gasteiger partial charge on any atom is 0.294 e. The maximum absolute atomic E-state index is 12.5. The second-order valence-electron chi connectivity index (χ2n) is 5.69. The zero-order chi connectivity index (χ0) is 15.3. The number of ketones is 1. The van der Waals surface area contributed by atoms with Gasteiger partial charge in [-0.1, -0.05) is 18.2 Å². The zero-order valence-corrected chi connectivity index (χ0v) is 12.1. The fraction of sp³-hybridized carbons (Fsp3) is 0.294. The van der Waals surface area contributed by atoms with Gasteiger partial charge in [0.1, 0.15) is 11.5 Å². The number of ether oxygens (including phenoxy) is 1. The third kappa shape index (κ3) is 1.78. The SMILES string of the molecule is CC1=C(C2C3=C(CCCC3=O)Oc3ccccc32)C(=O)N=N1. The van der Waals surface area contributed by atoms with Crippen LogP contribution in [0.2, 0.25) is 0 Å². The van der Waals surface area contributed by atoms with Crippen molar-refractivity contribution in [3.05, 3.63) is 52.4 Å². The molecule has 0 radical (unpaired) electrons.